The number of nitrogens with one attached hydrogen (secondary N) is 2. The summed E-state index contributed by atoms with van der Waals surface area (Å²) in [6.45, 7) is 8.55. The van der Waals surface area contributed by atoms with Gasteiger partial charge < -0.3 is 15.4 Å². The van der Waals surface area contributed by atoms with Gasteiger partial charge in [-0.15, -0.1) is 24.0 Å². The molecule has 0 heterocycles. The third-order valence-electron chi connectivity index (χ3n) is 1.74. The third-order valence-corrected chi connectivity index (χ3v) is 1.74. The van der Waals surface area contributed by atoms with Crippen LogP contribution >= 0.6 is 24.0 Å². The van der Waals surface area contributed by atoms with Crippen molar-refractivity contribution in [2.24, 2.45) is 4.99 Å². The Balaban J connectivity index is 0. The summed E-state index contributed by atoms with van der Waals surface area (Å²) >= 11 is 0. The molecule has 0 amide bonds. The first-order valence-corrected chi connectivity index (χ1v) is 5.92. The van der Waals surface area contributed by atoms with Crippen LogP contribution in [0.25, 0.3) is 0 Å². The Bertz CT molecular complexity index is 215. The third kappa shape index (κ3) is 11.7. The second-order valence-electron chi connectivity index (χ2n) is 3.26. The predicted octanol–water partition coefficient (Wildman–Crippen LogP) is 1.52. The molecule has 0 aliphatic rings. The Morgan fingerprint density at radius 2 is 1.76 bits per heavy atom. The molecule has 0 saturated carbocycles. The summed E-state index contributed by atoms with van der Waals surface area (Å²) in [5.41, 5.74) is 0. The first kappa shape index (κ1) is 18.8. The average molecular weight is 357 g/mol. The number of guanidine groups is 1. The highest BCUT2D eigenvalue weighted by Crippen LogP contribution is 1.89. The molecule has 0 aromatic heterocycles. The van der Waals surface area contributed by atoms with Crippen molar-refractivity contribution in [2.75, 3.05) is 26.2 Å². The molecule has 0 bridgehead atoms. The van der Waals surface area contributed by atoms with E-state index in [-0.39, 0.29) is 29.9 Å². The number of nitrogens with zero attached hydrogens (tertiary/aromatic N) is 1. The summed E-state index contributed by atoms with van der Waals surface area (Å²) < 4.78 is 4.94. The van der Waals surface area contributed by atoms with Crippen LogP contribution in [-0.2, 0) is 9.53 Å². The number of hydrogen-bond donors (Lipinski definition) is 2. The van der Waals surface area contributed by atoms with Gasteiger partial charge >= 0.3 is 5.97 Å². The second kappa shape index (κ2) is 13.5. The van der Waals surface area contributed by atoms with E-state index < -0.39 is 0 Å². The van der Waals surface area contributed by atoms with Gasteiger partial charge in [-0.3, -0.25) is 9.79 Å². The summed E-state index contributed by atoms with van der Waals surface area (Å²) in [5, 5.41) is 6.17. The summed E-state index contributed by atoms with van der Waals surface area (Å²) in [6.07, 6.45) is 1.19. The van der Waals surface area contributed by atoms with Gasteiger partial charge in [-0.1, -0.05) is 6.92 Å². The van der Waals surface area contributed by atoms with Gasteiger partial charge in [0.1, 0.15) is 0 Å². The Morgan fingerprint density at radius 1 is 1.18 bits per heavy atom. The summed E-state index contributed by atoms with van der Waals surface area (Å²) in [7, 11) is 0. The van der Waals surface area contributed by atoms with Crippen molar-refractivity contribution in [3.05, 3.63) is 0 Å². The highest BCUT2D eigenvalue weighted by Gasteiger charge is 2.01. The standard InChI is InChI=1S/C11H23N3O2.HI/c1-4-9-16-10(15)7-8-14-11(12-5-2)13-6-3;/h4-9H2,1-3H3,(H2,12,13,14);1H. The van der Waals surface area contributed by atoms with E-state index in [0.29, 0.717) is 19.6 Å². The first-order valence-electron chi connectivity index (χ1n) is 5.92. The van der Waals surface area contributed by atoms with Gasteiger partial charge in [0.2, 0.25) is 0 Å². The number of aliphatic imine (C=N–C) groups is 1. The largest absolute Gasteiger partial charge is 0.466 e. The molecule has 0 aromatic carbocycles. The van der Waals surface area contributed by atoms with Gasteiger partial charge in [0.25, 0.3) is 0 Å². The summed E-state index contributed by atoms with van der Waals surface area (Å²) in [5.74, 6) is 0.561. The predicted molar refractivity (Wildman–Crippen MR) is 80.9 cm³/mol. The van der Waals surface area contributed by atoms with Crippen molar-refractivity contribution in [1.82, 2.24) is 10.6 Å². The molecule has 102 valence electrons. The van der Waals surface area contributed by atoms with Crippen molar-refractivity contribution in [3.8, 4) is 0 Å². The molecule has 0 unspecified atom stereocenters. The summed E-state index contributed by atoms with van der Waals surface area (Å²) in [4.78, 5) is 15.4. The van der Waals surface area contributed by atoms with Gasteiger partial charge in [-0.2, -0.15) is 0 Å². The minimum Gasteiger partial charge on any atom is -0.466 e. The molecule has 6 heteroatoms. The molecule has 0 spiro atoms. The Hall–Kier alpha value is -0.530. The van der Waals surface area contributed by atoms with Gasteiger partial charge in [-0.25, -0.2) is 0 Å². The molecule has 0 saturated heterocycles. The maximum atomic E-state index is 11.2. The van der Waals surface area contributed by atoms with E-state index in [1.165, 1.54) is 0 Å². The van der Waals surface area contributed by atoms with Crippen LogP contribution in [0.4, 0.5) is 0 Å². The minimum absolute atomic E-state index is 0. The fraction of sp³-hybridized carbons (Fsp3) is 0.818. The lowest BCUT2D eigenvalue weighted by atomic mass is 10.4. The molecule has 0 radical (unpaired) electrons. The highest BCUT2D eigenvalue weighted by atomic mass is 127. The van der Waals surface area contributed by atoms with Crippen molar-refractivity contribution in [1.29, 1.82) is 0 Å². The molecule has 2 N–H and O–H groups in total. The van der Waals surface area contributed by atoms with Crippen LogP contribution in [0.5, 0.6) is 0 Å². The topological polar surface area (TPSA) is 62.7 Å². The van der Waals surface area contributed by atoms with Crippen LogP contribution in [0.2, 0.25) is 0 Å². The van der Waals surface area contributed by atoms with Crippen molar-refractivity contribution in [2.45, 2.75) is 33.6 Å². The van der Waals surface area contributed by atoms with E-state index in [4.69, 9.17) is 4.74 Å². The van der Waals surface area contributed by atoms with Crippen LogP contribution in [0.1, 0.15) is 33.6 Å². The van der Waals surface area contributed by atoms with Crippen LogP contribution in [0.3, 0.4) is 0 Å². The molecule has 0 aliphatic carbocycles. The van der Waals surface area contributed by atoms with Crippen LogP contribution in [0.15, 0.2) is 4.99 Å². The van der Waals surface area contributed by atoms with E-state index in [2.05, 4.69) is 15.6 Å². The van der Waals surface area contributed by atoms with E-state index in [1.807, 2.05) is 20.8 Å². The number of carbonyl (C=O) groups excluding carboxylic acids is 1. The second-order valence-corrected chi connectivity index (χ2v) is 3.26. The Morgan fingerprint density at radius 3 is 2.24 bits per heavy atom. The van der Waals surface area contributed by atoms with E-state index in [9.17, 15) is 4.79 Å². The molecule has 0 aromatic rings. The van der Waals surface area contributed by atoms with E-state index >= 15 is 0 Å². The number of rotatable bonds is 7. The maximum Gasteiger partial charge on any atom is 0.307 e. The molecule has 0 rings (SSSR count). The smallest absolute Gasteiger partial charge is 0.307 e. The molecule has 5 nitrogen and oxygen atoms in total. The van der Waals surface area contributed by atoms with Gasteiger partial charge in [-0.05, 0) is 20.3 Å². The zero-order valence-corrected chi connectivity index (χ0v) is 13.2. The molecular weight excluding hydrogens is 333 g/mol. The quantitative estimate of drug-likeness (QED) is 0.314. The zero-order valence-electron chi connectivity index (χ0n) is 10.9. The monoisotopic (exact) mass is 357 g/mol. The van der Waals surface area contributed by atoms with Crippen LogP contribution in [0, 0.1) is 0 Å². The lowest BCUT2D eigenvalue weighted by molar-refractivity contribution is -0.143. The normalized spacial score (nSPS) is 8.88. The van der Waals surface area contributed by atoms with Crippen LogP contribution < -0.4 is 10.6 Å². The van der Waals surface area contributed by atoms with Gasteiger partial charge in [0, 0.05) is 13.1 Å². The minimum atomic E-state index is -0.182. The maximum absolute atomic E-state index is 11.2. The SMILES string of the molecule is CCCOC(=O)CCN=C(NCC)NCC.I. The van der Waals surface area contributed by atoms with Crippen LogP contribution in [-0.4, -0.2) is 38.2 Å². The molecular formula is C11H24IN3O2. The summed E-state index contributed by atoms with van der Waals surface area (Å²) in [6, 6.07) is 0. The van der Waals surface area contributed by atoms with Crippen molar-refractivity contribution >= 4 is 35.9 Å². The molecule has 0 aliphatic heterocycles. The lowest BCUT2D eigenvalue weighted by Gasteiger charge is -2.08. The Kier molecular flexibility index (Phi) is 15.0. The Labute approximate surface area is 121 Å². The average Bonchev–Trinajstić information content (AvgIpc) is 2.27. The molecule has 17 heavy (non-hydrogen) atoms. The first-order chi connectivity index (χ1) is 7.74. The number of carbonyl (C=O) groups is 1. The van der Waals surface area contributed by atoms with Crippen molar-refractivity contribution in [3.63, 3.8) is 0 Å². The number of halogens is 1. The number of esters is 1. The number of hydrogen-bond acceptors (Lipinski definition) is 3. The van der Waals surface area contributed by atoms with Gasteiger partial charge in [0.15, 0.2) is 5.96 Å². The number of ether oxygens (including phenoxy) is 1. The molecule has 0 fully saturated rings. The highest BCUT2D eigenvalue weighted by molar-refractivity contribution is 14.0. The fourth-order valence-corrected chi connectivity index (χ4v) is 1.06. The fourth-order valence-electron chi connectivity index (χ4n) is 1.06. The lowest BCUT2D eigenvalue weighted by Crippen LogP contribution is -2.37. The zero-order chi connectivity index (χ0) is 12.2. The van der Waals surface area contributed by atoms with E-state index in [0.717, 1.165) is 25.5 Å². The van der Waals surface area contributed by atoms with Gasteiger partial charge in [0.05, 0.1) is 19.6 Å². The molecule has 0 atom stereocenters. The van der Waals surface area contributed by atoms with E-state index in [1.54, 1.807) is 0 Å². The van der Waals surface area contributed by atoms with Crippen molar-refractivity contribution < 1.29 is 9.53 Å².